The van der Waals surface area contributed by atoms with E-state index in [4.69, 9.17) is 0 Å². The maximum atomic E-state index is 12.4. The number of nitro benzene ring substituents is 1. The van der Waals surface area contributed by atoms with Gasteiger partial charge in [0.05, 0.1) is 16.8 Å². The fourth-order valence-corrected chi connectivity index (χ4v) is 3.44. The third kappa shape index (κ3) is 2.34. The first-order chi connectivity index (χ1) is 10.5. The van der Waals surface area contributed by atoms with Crippen LogP contribution in [0.25, 0.3) is 0 Å². The Hall–Kier alpha value is -2.70. The van der Waals surface area contributed by atoms with Crippen molar-refractivity contribution in [3.8, 4) is 0 Å². The van der Waals surface area contributed by atoms with Crippen LogP contribution in [0.3, 0.4) is 0 Å². The van der Waals surface area contributed by atoms with Crippen molar-refractivity contribution in [2.45, 2.75) is 6.42 Å². The van der Waals surface area contributed by atoms with Crippen LogP contribution in [-0.4, -0.2) is 21.9 Å². The number of hydrogen-bond acceptors (Lipinski definition) is 4. The summed E-state index contributed by atoms with van der Waals surface area (Å²) in [6, 6.07) is 5.61. The van der Waals surface area contributed by atoms with Gasteiger partial charge in [0, 0.05) is 17.8 Å². The van der Waals surface area contributed by atoms with Crippen molar-refractivity contribution in [1.82, 2.24) is 0 Å². The molecule has 0 saturated heterocycles. The third-order valence-electron chi connectivity index (χ3n) is 4.37. The Kier molecular flexibility index (Phi) is 3.40. The number of carbonyl (C=O) groups is 2. The zero-order chi connectivity index (χ0) is 15.9. The van der Waals surface area contributed by atoms with E-state index < -0.39 is 28.6 Å². The largest absolute Gasteiger partial charge is 0.481 e. The number of non-ortho nitro benzene ring substituents is 1. The number of nitro groups is 1. The number of benzene rings is 1. The minimum absolute atomic E-state index is 0.0789. The van der Waals surface area contributed by atoms with Gasteiger partial charge in [-0.25, -0.2) is 0 Å². The van der Waals surface area contributed by atoms with Crippen LogP contribution in [-0.2, 0) is 9.59 Å². The fraction of sp³-hybridized carbons (Fsp3) is 0.333. The molecule has 2 aliphatic carbocycles. The first kappa shape index (κ1) is 14.2. The van der Waals surface area contributed by atoms with Crippen molar-refractivity contribution < 1.29 is 19.6 Å². The number of carbonyl (C=O) groups excluding carboxylic acids is 1. The predicted molar refractivity (Wildman–Crippen MR) is 77.1 cm³/mol. The van der Waals surface area contributed by atoms with Gasteiger partial charge in [0.25, 0.3) is 5.69 Å². The topological polar surface area (TPSA) is 110 Å². The van der Waals surface area contributed by atoms with Gasteiger partial charge >= 0.3 is 5.97 Å². The summed E-state index contributed by atoms with van der Waals surface area (Å²) in [6.45, 7) is 0. The lowest BCUT2D eigenvalue weighted by molar-refractivity contribution is -0.384. The van der Waals surface area contributed by atoms with E-state index in [1.54, 1.807) is 6.07 Å². The van der Waals surface area contributed by atoms with Gasteiger partial charge in [-0.1, -0.05) is 18.2 Å². The molecular formula is C15H14N2O5. The number of rotatable bonds is 4. The summed E-state index contributed by atoms with van der Waals surface area (Å²) >= 11 is 0. The lowest BCUT2D eigenvalue weighted by Crippen LogP contribution is -2.36. The van der Waals surface area contributed by atoms with E-state index in [1.807, 2.05) is 12.2 Å². The number of nitrogens with zero attached hydrogens (tertiary/aromatic N) is 1. The monoisotopic (exact) mass is 302 g/mol. The molecule has 2 aliphatic rings. The first-order valence-corrected chi connectivity index (χ1v) is 6.94. The van der Waals surface area contributed by atoms with E-state index >= 15 is 0 Å². The Morgan fingerprint density at radius 2 is 1.91 bits per heavy atom. The summed E-state index contributed by atoms with van der Waals surface area (Å²) < 4.78 is 0. The second-order valence-corrected chi connectivity index (χ2v) is 5.63. The zero-order valence-corrected chi connectivity index (χ0v) is 11.5. The van der Waals surface area contributed by atoms with Crippen LogP contribution < -0.4 is 5.32 Å². The molecule has 4 atom stereocenters. The van der Waals surface area contributed by atoms with Gasteiger partial charge in [0.15, 0.2) is 0 Å². The molecule has 0 aromatic heterocycles. The van der Waals surface area contributed by atoms with E-state index in [0.717, 1.165) is 0 Å². The van der Waals surface area contributed by atoms with Crippen molar-refractivity contribution in [1.29, 1.82) is 0 Å². The SMILES string of the molecule is O=C(Nc1cccc([N+](=O)[O-])c1)[C@@H]1[C@H](C(=O)O)[C@@H]2C=C[C@H]1C2. The zero-order valence-electron chi connectivity index (χ0n) is 11.5. The molecule has 2 bridgehead atoms. The second kappa shape index (κ2) is 5.25. The predicted octanol–water partition coefficient (Wildman–Crippen LogP) is 2.06. The Bertz CT molecular complexity index is 684. The van der Waals surface area contributed by atoms with Crippen LogP contribution in [0, 0.1) is 33.8 Å². The molecule has 7 nitrogen and oxygen atoms in total. The molecule has 0 unspecified atom stereocenters. The normalized spacial score (nSPS) is 28.5. The van der Waals surface area contributed by atoms with Crippen molar-refractivity contribution in [3.63, 3.8) is 0 Å². The molecule has 114 valence electrons. The fourth-order valence-electron chi connectivity index (χ4n) is 3.44. The maximum Gasteiger partial charge on any atom is 0.307 e. The van der Waals surface area contributed by atoms with Crippen LogP contribution in [0.15, 0.2) is 36.4 Å². The number of allylic oxidation sites excluding steroid dienone is 2. The molecule has 3 rings (SSSR count). The number of fused-ring (bicyclic) bond motifs is 2. The summed E-state index contributed by atoms with van der Waals surface area (Å²) in [4.78, 5) is 34.0. The molecule has 1 aromatic rings. The van der Waals surface area contributed by atoms with Crippen molar-refractivity contribution >= 4 is 23.3 Å². The Labute approximate surface area is 125 Å². The molecular weight excluding hydrogens is 288 g/mol. The molecule has 0 aliphatic heterocycles. The van der Waals surface area contributed by atoms with Gasteiger partial charge in [-0.05, 0) is 24.3 Å². The number of aliphatic carboxylic acids is 1. The molecule has 1 amide bonds. The molecule has 22 heavy (non-hydrogen) atoms. The summed E-state index contributed by atoms with van der Waals surface area (Å²) in [5.41, 5.74) is 0.176. The van der Waals surface area contributed by atoms with Crippen molar-refractivity contribution in [2.24, 2.45) is 23.7 Å². The van der Waals surface area contributed by atoms with E-state index in [2.05, 4.69) is 5.32 Å². The van der Waals surface area contributed by atoms with Gasteiger partial charge in [0.1, 0.15) is 0 Å². The average molecular weight is 302 g/mol. The Balaban J connectivity index is 1.80. The number of amides is 1. The lowest BCUT2D eigenvalue weighted by atomic mass is 9.82. The van der Waals surface area contributed by atoms with Gasteiger partial charge in [-0.3, -0.25) is 19.7 Å². The summed E-state index contributed by atoms with van der Waals surface area (Å²) in [5, 5.41) is 22.7. The second-order valence-electron chi connectivity index (χ2n) is 5.63. The van der Waals surface area contributed by atoms with E-state index in [0.29, 0.717) is 12.1 Å². The molecule has 7 heteroatoms. The highest BCUT2D eigenvalue weighted by molar-refractivity contribution is 5.96. The van der Waals surface area contributed by atoms with Gasteiger partial charge < -0.3 is 10.4 Å². The smallest absolute Gasteiger partial charge is 0.307 e. The van der Waals surface area contributed by atoms with E-state index in [-0.39, 0.29) is 17.5 Å². The standard InChI is InChI=1S/C15H14N2O5/c18-14(16-10-2-1-3-11(7-10)17(21)22)12-8-4-5-9(6-8)13(12)15(19)20/h1-5,7-9,12-13H,6H2,(H,16,18)(H,19,20)/t8-,9+,12-,13+/m0/s1. The van der Waals surface area contributed by atoms with Crippen molar-refractivity contribution in [3.05, 3.63) is 46.5 Å². The molecule has 2 N–H and O–H groups in total. The van der Waals surface area contributed by atoms with Crippen LogP contribution in [0.4, 0.5) is 11.4 Å². The molecule has 1 fully saturated rings. The Morgan fingerprint density at radius 1 is 1.23 bits per heavy atom. The van der Waals surface area contributed by atoms with Crippen molar-refractivity contribution in [2.75, 3.05) is 5.32 Å². The maximum absolute atomic E-state index is 12.4. The molecule has 0 heterocycles. The lowest BCUT2D eigenvalue weighted by Gasteiger charge is -2.23. The van der Waals surface area contributed by atoms with E-state index in [9.17, 15) is 24.8 Å². The van der Waals surface area contributed by atoms with Gasteiger partial charge in [-0.15, -0.1) is 0 Å². The molecule has 1 saturated carbocycles. The number of anilines is 1. The van der Waals surface area contributed by atoms with Crippen LogP contribution in [0.1, 0.15) is 6.42 Å². The minimum atomic E-state index is -0.976. The third-order valence-corrected chi connectivity index (χ3v) is 4.37. The van der Waals surface area contributed by atoms with Gasteiger partial charge in [-0.2, -0.15) is 0 Å². The number of nitrogens with one attached hydrogen (secondary N) is 1. The highest BCUT2D eigenvalue weighted by Crippen LogP contribution is 2.48. The van der Waals surface area contributed by atoms with Gasteiger partial charge in [0.2, 0.25) is 5.91 Å². The molecule has 0 spiro atoms. The van der Waals surface area contributed by atoms with Crippen LogP contribution in [0.2, 0.25) is 0 Å². The Morgan fingerprint density at radius 3 is 2.55 bits per heavy atom. The van der Waals surface area contributed by atoms with Crippen LogP contribution in [0.5, 0.6) is 0 Å². The first-order valence-electron chi connectivity index (χ1n) is 6.94. The average Bonchev–Trinajstić information content (AvgIpc) is 3.07. The minimum Gasteiger partial charge on any atom is -0.481 e. The molecule has 0 radical (unpaired) electrons. The quantitative estimate of drug-likeness (QED) is 0.502. The number of carboxylic acid groups (broad SMARTS) is 1. The van der Waals surface area contributed by atoms with E-state index in [1.165, 1.54) is 18.2 Å². The van der Waals surface area contributed by atoms with Crippen LogP contribution >= 0.6 is 0 Å². The summed E-state index contributed by atoms with van der Waals surface area (Å²) in [7, 11) is 0. The summed E-state index contributed by atoms with van der Waals surface area (Å²) in [5.74, 6) is -2.92. The highest BCUT2D eigenvalue weighted by atomic mass is 16.6. The number of hydrogen-bond donors (Lipinski definition) is 2. The molecule has 1 aromatic carbocycles. The number of carboxylic acids is 1. The summed E-state index contributed by atoms with van der Waals surface area (Å²) in [6.07, 6.45) is 4.42. The highest BCUT2D eigenvalue weighted by Gasteiger charge is 2.51.